The van der Waals surface area contributed by atoms with Gasteiger partial charge in [0.25, 0.3) is 0 Å². The molecule has 0 spiro atoms. The first-order valence-electron chi connectivity index (χ1n) is 3.08. The molecule has 0 radical (unpaired) electrons. The molecule has 0 heterocycles. The van der Waals surface area contributed by atoms with Crippen molar-refractivity contribution in [2.75, 3.05) is 0 Å². The molecule has 13 heavy (non-hydrogen) atoms. The van der Waals surface area contributed by atoms with Gasteiger partial charge in [-0.1, -0.05) is 16.8 Å². The molecule has 6 heteroatoms. The summed E-state index contributed by atoms with van der Waals surface area (Å²) in [6.07, 6.45) is 0. The summed E-state index contributed by atoms with van der Waals surface area (Å²) in [5, 5.41) is 10.1. The molecule has 0 aliphatic heterocycles. The lowest BCUT2D eigenvalue weighted by molar-refractivity contribution is 0.320. The maximum Gasteiger partial charge on any atom is 0.194 e. The molecule has 1 aromatic carbocycles. The zero-order valence-corrected chi connectivity index (χ0v) is 6.82. The molecule has 0 aliphatic rings. The average Bonchev–Trinajstić information content (AvgIpc) is 2.12. The van der Waals surface area contributed by atoms with Gasteiger partial charge in [0, 0.05) is 5.56 Å². The Labute approximate surface area is 76.2 Å². The van der Waals surface area contributed by atoms with Crippen molar-refractivity contribution in [2.45, 2.75) is 0 Å². The largest absolute Gasteiger partial charge is 0.410 e. The molecular weight excluding hydrogens is 207 g/mol. The second-order valence-corrected chi connectivity index (χ2v) is 2.50. The SMILES string of the molecule is ON=C(Cl)c1cc(F)c(F)c(F)c1. The molecule has 1 rings (SSSR count). The summed E-state index contributed by atoms with van der Waals surface area (Å²) in [7, 11) is 0. The Morgan fingerprint density at radius 3 is 2.08 bits per heavy atom. The molecule has 0 saturated carbocycles. The Balaban J connectivity index is 3.29. The van der Waals surface area contributed by atoms with Crippen molar-refractivity contribution in [3.63, 3.8) is 0 Å². The second-order valence-electron chi connectivity index (χ2n) is 2.14. The highest BCUT2D eigenvalue weighted by molar-refractivity contribution is 6.69. The van der Waals surface area contributed by atoms with Gasteiger partial charge < -0.3 is 5.21 Å². The van der Waals surface area contributed by atoms with E-state index >= 15 is 0 Å². The van der Waals surface area contributed by atoms with Crippen LogP contribution in [0.1, 0.15) is 5.56 Å². The Bertz CT molecular complexity index is 344. The summed E-state index contributed by atoms with van der Waals surface area (Å²) >= 11 is 5.23. The van der Waals surface area contributed by atoms with Crippen LogP contribution in [0.2, 0.25) is 0 Å². The third-order valence-electron chi connectivity index (χ3n) is 1.31. The van der Waals surface area contributed by atoms with E-state index in [4.69, 9.17) is 16.8 Å². The van der Waals surface area contributed by atoms with Crippen LogP contribution in [0.3, 0.4) is 0 Å². The molecule has 1 aromatic rings. The Hall–Kier alpha value is -1.23. The first-order chi connectivity index (χ1) is 6.06. The molecule has 0 aromatic heterocycles. The van der Waals surface area contributed by atoms with Crippen LogP contribution in [0.4, 0.5) is 13.2 Å². The number of hydrogen-bond acceptors (Lipinski definition) is 2. The maximum atomic E-state index is 12.5. The van der Waals surface area contributed by atoms with Crippen molar-refractivity contribution in [1.29, 1.82) is 0 Å². The van der Waals surface area contributed by atoms with Gasteiger partial charge in [0.2, 0.25) is 0 Å². The van der Waals surface area contributed by atoms with E-state index in [0.717, 1.165) is 0 Å². The maximum absolute atomic E-state index is 12.5. The summed E-state index contributed by atoms with van der Waals surface area (Å²) in [6.45, 7) is 0. The molecule has 70 valence electrons. The molecule has 1 N–H and O–H groups in total. The van der Waals surface area contributed by atoms with Gasteiger partial charge in [0.05, 0.1) is 0 Å². The van der Waals surface area contributed by atoms with Crippen LogP contribution in [0.15, 0.2) is 17.3 Å². The minimum Gasteiger partial charge on any atom is -0.410 e. The summed E-state index contributed by atoms with van der Waals surface area (Å²) in [4.78, 5) is 0. The van der Waals surface area contributed by atoms with Crippen LogP contribution in [0.5, 0.6) is 0 Å². The molecule has 0 unspecified atom stereocenters. The van der Waals surface area contributed by atoms with E-state index in [9.17, 15) is 13.2 Å². The number of benzene rings is 1. The van der Waals surface area contributed by atoms with Crippen molar-refractivity contribution < 1.29 is 18.4 Å². The van der Waals surface area contributed by atoms with Crippen LogP contribution in [-0.2, 0) is 0 Å². The number of rotatable bonds is 1. The summed E-state index contributed by atoms with van der Waals surface area (Å²) in [6, 6.07) is 1.25. The molecule has 0 bridgehead atoms. The van der Waals surface area contributed by atoms with E-state index in [2.05, 4.69) is 5.16 Å². The Morgan fingerprint density at radius 1 is 1.23 bits per heavy atom. The summed E-state index contributed by atoms with van der Waals surface area (Å²) < 4.78 is 37.4. The van der Waals surface area contributed by atoms with Gasteiger partial charge in [-0.25, -0.2) is 13.2 Å². The predicted octanol–water partition coefficient (Wildman–Crippen LogP) is 2.48. The Kier molecular flexibility index (Phi) is 2.77. The van der Waals surface area contributed by atoms with Crippen molar-refractivity contribution >= 4 is 16.8 Å². The standard InChI is InChI=1S/C7H3ClF3NO/c8-7(12-13)3-1-4(9)6(11)5(10)2-3/h1-2,13H. The van der Waals surface area contributed by atoms with E-state index in [1.807, 2.05) is 0 Å². The molecule has 0 aliphatic carbocycles. The van der Waals surface area contributed by atoms with Crippen molar-refractivity contribution in [3.05, 3.63) is 35.1 Å². The van der Waals surface area contributed by atoms with Crippen LogP contribution >= 0.6 is 11.6 Å². The lowest BCUT2D eigenvalue weighted by atomic mass is 10.2. The summed E-state index contributed by atoms with van der Waals surface area (Å²) in [5.74, 6) is -4.38. The van der Waals surface area contributed by atoms with E-state index in [0.29, 0.717) is 12.1 Å². The van der Waals surface area contributed by atoms with Gasteiger partial charge in [-0.2, -0.15) is 0 Å². The van der Waals surface area contributed by atoms with Crippen LogP contribution < -0.4 is 0 Å². The molecule has 0 saturated heterocycles. The average molecular weight is 210 g/mol. The van der Waals surface area contributed by atoms with Gasteiger partial charge in [-0.15, -0.1) is 0 Å². The van der Waals surface area contributed by atoms with Gasteiger partial charge in [0.15, 0.2) is 22.6 Å². The summed E-state index contributed by atoms with van der Waals surface area (Å²) in [5.41, 5.74) is -0.236. The van der Waals surface area contributed by atoms with E-state index in [-0.39, 0.29) is 5.56 Å². The number of hydrogen-bond donors (Lipinski definition) is 1. The van der Waals surface area contributed by atoms with Crippen LogP contribution in [0, 0.1) is 17.5 Å². The fourth-order valence-electron chi connectivity index (χ4n) is 0.732. The predicted molar refractivity (Wildman–Crippen MR) is 40.5 cm³/mol. The van der Waals surface area contributed by atoms with E-state index < -0.39 is 22.6 Å². The topological polar surface area (TPSA) is 32.6 Å². The number of nitrogens with zero attached hydrogens (tertiary/aromatic N) is 1. The molecule has 0 fully saturated rings. The molecule has 2 nitrogen and oxygen atoms in total. The van der Waals surface area contributed by atoms with Gasteiger partial charge in [0.1, 0.15) is 0 Å². The smallest absolute Gasteiger partial charge is 0.194 e. The van der Waals surface area contributed by atoms with Crippen LogP contribution in [-0.4, -0.2) is 10.4 Å². The normalized spacial score (nSPS) is 11.8. The monoisotopic (exact) mass is 209 g/mol. The van der Waals surface area contributed by atoms with Gasteiger partial charge in [-0.05, 0) is 12.1 Å². The zero-order chi connectivity index (χ0) is 10.0. The fraction of sp³-hybridized carbons (Fsp3) is 0. The molecular formula is C7H3ClF3NO. The molecule has 0 amide bonds. The highest BCUT2D eigenvalue weighted by atomic mass is 35.5. The highest BCUT2D eigenvalue weighted by Gasteiger charge is 2.12. The fourth-order valence-corrected chi connectivity index (χ4v) is 0.841. The third kappa shape index (κ3) is 1.92. The zero-order valence-electron chi connectivity index (χ0n) is 6.06. The first-order valence-corrected chi connectivity index (χ1v) is 3.46. The lowest BCUT2D eigenvalue weighted by Gasteiger charge is -1.99. The molecule has 0 atom stereocenters. The number of oxime groups is 1. The van der Waals surface area contributed by atoms with Crippen molar-refractivity contribution in [1.82, 2.24) is 0 Å². The first kappa shape index (κ1) is 9.85. The minimum absolute atomic E-state index is 0.236. The minimum atomic E-state index is -1.59. The highest BCUT2D eigenvalue weighted by Crippen LogP contribution is 2.15. The van der Waals surface area contributed by atoms with Crippen molar-refractivity contribution in [3.8, 4) is 0 Å². The van der Waals surface area contributed by atoms with Gasteiger partial charge in [-0.3, -0.25) is 0 Å². The van der Waals surface area contributed by atoms with Crippen LogP contribution in [0.25, 0.3) is 0 Å². The van der Waals surface area contributed by atoms with E-state index in [1.165, 1.54) is 0 Å². The third-order valence-corrected chi connectivity index (χ3v) is 1.60. The van der Waals surface area contributed by atoms with Crippen molar-refractivity contribution in [2.24, 2.45) is 5.16 Å². The lowest BCUT2D eigenvalue weighted by Crippen LogP contribution is -1.98. The second kappa shape index (κ2) is 3.66. The number of halogens is 4. The Morgan fingerprint density at radius 2 is 1.69 bits per heavy atom. The quantitative estimate of drug-likeness (QED) is 0.328. The van der Waals surface area contributed by atoms with E-state index in [1.54, 1.807) is 0 Å². The van der Waals surface area contributed by atoms with Gasteiger partial charge >= 0.3 is 0 Å².